The van der Waals surface area contributed by atoms with E-state index >= 15 is 0 Å². The Morgan fingerprint density at radius 2 is 1.65 bits per heavy atom. The molecule has 0 aromatic rings. The minimum absolute atomic E-state index is 0.410. The van der Waals surface area contributed by atoms with E-state index in [2.05, 4.69) is 32.0 Å². The molecule has 0 aliphatic rings. The molecule has 0 aromatic heterocycles. The predicted octanol–water partition coefficient (Wildman–Crippen LogP) is 5.57. The van der Waals surface area contributed by atoms with Crippen molar-refractivity contribution in [2.75, 3.05) is 6.61 Å². The van der Waals surface area contributed by atoms with Crippen LogP contribution in [0.2, 0.25) is 0 Å². The summed E-state index contributed by atoms with van der Waals surface area (Å²) >= 11 is 0. The average molecular weight is 305 g/mol. The lowest BCUT2D eigenvalue weighted by Crippen LogP contribution is -2.16. The molecule has 0 radical (unpaired) electrons. The van der Waals surface area contributed by atoms with Crippen LogP contribution in [0.3, 0.4) is 0 Å². The minimum Gasteiger partial charge on any atom is -0.187 e. The van der Waals surface area contributed by atoms with Crippen molar-refractivity contribution in [2.45, 2.75) is 72.3 Å². The normalized spacial score (nSPS) is 13.3. The molecule has 0 bridgehead atoms. The first-order chi connectivity index (χ1) is 9.16. The fraction of sp³-hybridized carbons (Fsp3) is 0.867. The molecule has 0 N–H and O–H groups in total. The second-order valence-corrected chi connectivity index (χ2v) is 7.52. The van der Waals surface area contributed by atoms with Gasteiger partial charge in [0.15, 0.2) is 0 Å². The molecule has 0 amide bonds. The highest BCUT2D eigenvalue weighted by molar-refractivity contribution is 7.33. The summed E-state index contributed by atoms with van der Waals surface area (Å²) in [4.78, 5) is 4.89. The van der Waals surface area contributed by atoms with E-state index in [1.807, 2.05) is 0 Å². The molecule has 1 unspecified atom stereocenters. The predicted molar refractivity (Wildman–Crippen MR) is 82.5 cm³/mol. The fourth-order valence-corrected chi connectivity index (χ4v) is 2.14. The Bertz CT molecular complexity index is 295. The highest BCUT2D eigenvalue weighted by atomic mass is 31.1. The molecule has 4 nitrogen and oxygen atoms in total. The third-order valence-corrected chi connectivity index (χ3v) is 3.67. The van der Waals surface area contributed by atoms with E-state index in [4.69, 9.17) is 9.41 Å². The number of unbranched alkanes of at least 4 members (excludes halogenated alkanes) is 3. The zero-order chi connectivity index (χ0) is 15.6. The summed E-state index contributed by atoms with van der Waals surface area (Å²) in [6, 6.07) is 0. The van der Waals surface area contributed by atoms with E-state index in [0.717, 1.165) is 12.8 Å². The Morgan fingerprint density at radius 3 is 2.20 bits per heavy atom. The Balaban J connectivity index is 3.45. The molecular weight excluding hydrogens is 275 g/mol. The van der Waals surface area contributed by atoms with E-state index in [0.29, 0.717) is 12.0 Å². The number of rotatable bonds is 11. The molecule has 0 rings (SSSR count). The monoisotopic (exact) mass is 305 g/mol. The van der Waals surface area contributed by atoms with Crippen molar-refractivity contribution >= 4 is 8.25 Å². The molecule has 0 aliphatic carbocycles. The highest BCUT2D eigenvalue weighted by Crippen LogP contribution is 2.32. The van der Waals surface area contributed by atoms with Gasteiger partial charge >= 0.3 is 8.25 Å². The molecule has 0 heterocycles. The molecule has 0 spiro atoms. The number of hydrogen-bond donors (Lipinski definition) is 0. The molecule has 0 saturated heterocycles. The van der Waals surface area contributed by atoms with Gasteiger partial charge in [0.2, 0.25) is 0 Å². The van der Waals surface area contributed by atoms with Gasteiger partial charge in [-0.3, -0.25) is 0 Å². The Labute approximate surface area is 124 Å². The van der Waals surface area contributed by atoms with Gasteiger partial charge in [-0.2, -0.15) is 4.89 Å². The fourth-order valence-electron chi connectivity index (χ4n) is 1.49. The molecule has 0 aromatic carbocycles. The van der Waals surface area contributed by atoms with Gasteiger partial charge in [0, 0.05) is 4.57 Å². The van der Waals surface area contributed by atoms with Gasteiger partial charge < -0.3 is 0 Å². The molecule has 118 valence electrons. The van der Waals surface area contributed by atoms with Gasteiger partial charge in [-0.1, -0.05) is 46.1 Å². The maximum Gasteiger partial charge on any atom is 0.729 e. The van der Waals surface area contributed by atoms with Crippen molar-refractivity contribution < 1.29 is 18.7 Å². The van der Waals surface area contributed by atoms with Crippen LogP contribution in [-0.2, 0) is 18.7 Å². The van der Waals surface area contributed by atoms with Crippen molar-refractivity contribution in [3.63, 3.8) is 0 Å². The molecule has 0 aliphatic heterocycles. The van der Waals surface area contributed by atoms with E-state index in [1.165, 1.54) is 19.3 Å². The molecule has 1 atom stereocenters. The second-order valence-electron chi connectivity index (χ2n) is 6.74. The second kappa shape index (κ2) is 9.62. The first kappa shape index (κ1) is 19.7. The van der Waals surface area contributed by atoms with Crippen LogP contribution in [0.4, 0.5) is 0 Å². The maximum absolute atomic E-state index is 11.4. The first-order valence-electron chi connectivity index (χ1n) is 7.26. The van der Waals surface area contributed by atoms with Crippen LogP contribution in [0.5, 0.6) is 0 Å². The standard InChI is InChI=1S/C15H30O4P/c1-7-15(5,6)18-20(16)19-17-13-11-9-8-10-12-14(2,3)4/h7H,1,8-13H2,2-6H3/q+1. The first-order valence-corrected chi connectivity index (χ1v) is 8.35. The largest absolute Gasteiger partial charge is 0.729 e. The Morgan fingerprint density at radius 1 is 1.05 bits per heavy atom. The van der Waals surface area contributed by atoms with E-state index in [9.17, 15) is 4.57 Å². The Hall–Kier alpha value is -0.280. The number of hydrogen-bond acceptors (Lipinski definition) is 4. The quantitative estimate of drug-likeness (QED) is 0.164. The topological polar surface area (TPSA) is 44.8 Å². The smallest absolute Gasteiger partial charge is 0.187 e. The van der Waals surface area contributed by atoms with Crippen LogP contribution in [0.15, 0.2) is 12.7 Å². The van der Waals surface area contributed by atoms with E-state index < -0.39 is 13.9 Å². The molecule has 20 heavy (non-hydrogen) atoms. The van der Waals surface area contributed by atoms with E-state index in [1.54, 1.807) is 19.9 Å². The summed E-state index contributed by atoms with van der Waals surface area (Å²) in [6.07, 6.45) is 7.22. The van der Waals surface area contributed by atoms with Crippen molar-refractivity contribution in [1.82, 2.24) is 0 Å². The third kappa shape index (κ3) is 12.7. The lowest BCUT2D eigenvalue weighted by atomic mass is 9.89. The van der Waals surface area contributed by atoms with Gasteiger partial charge in [-0.25, -0.2) is 0 Å². The van der Waals surface area contributed by atoms with Gasteiger partial charge in [0.25, 0.3) is 0 Å². The summed E-state index contributed by atoms with van der Waals surface area (Å²) in [5.74, 6) is 0. The maximum atomic E-state index is 11.4. The molecule has 5 heteroatoms. The van der Waals surface area contributed by atoms with Gasteiger partial charge in [-0.05, 0) is 32.1 Å². The highest BCUT2D eigenvalue weighted by Gasteiger charge is 2.32. The zero-order valence-corrected chi connectivity index (χ0v) is 14.5. The zero-order valence-electron chi connectivity index (χ0n) is 13.6. The summed E-state index contributed by atoms with van der Waals surface area (Å²) in [5.41, 5.74) is -0.267. The van der Waals surface area contributed by atoms with Crippen molar-refractivity contribution in [2.24, 2.45) is 5.41 Å². The van der Waals surface area contributed by atoms with Gasteiger partial charge in [-0.15, -0.1) is 11.1 Å². The van der Waals surface area contributed by atoms with Crippen LogP contribution in [0, 0.1) is 5.41 Å². The molecular formula is C15H30O4P+. The Kier molecular flexibility index (Phi) is 9.48. The van der Waals surface area contributed by atoms with Crippen LogP contribution >= 0.6 is 8.25 Å². The lowest BCUT2D eigenvalue weighted by Gasteiger charge is -2.17. The van der Waals surface area contributed by atoms with E-state index in [-0.39, 0.29) is 0 Å². The van der Waals surface area contributed by atoms with Crippen LogP contribution < -0.4 is 0 Å². The summed E-state index contributed by atoms with van der Waals surface area (Å²) in [6.45, 7) is 14.3. The summed E-state index contributed by atoms with van der Waals surface area (Å²) in [7, 11) is -2.26. The minimum atomic E-state index is -2.26. The average Bonchev–Trinajstić information content (AvgIpc) is 2.30. The third-order valence-electron chi connectivity index (χ3n) is 2.82. The van der Waals surface area contributed by atoms with Crippen molar-refractivity contribution in [3.05, 3.63) is 12.7 Å². The van der Waals surface area contributed by atoms with Crippen LogP contribution in [-0.4, -0.2) is 12.2 Å². The summed E-state index contributed by atoms with van der Waals surface area (Å²) < 4.78 is 21.2. The van der Waals surface area contributed by atoms with Gasteiger partial charge in [0.05, 0.1) is 11.3 Å². The van der Waals surface area contributed by atoms with Crippen LogP contribution in [0.1, 0.15) is 66.7 Å². The van der Waals surface area contributed by atoms with Crippen LogP contribution in [0.25, 0.3) is 0 Å². The molecule has 0 fully saturated rings. The summed E-state index contributed by atoms with van der Waals surface area (Å²) in [5, 5.41) is 0. The lowest BCUT2D eigenvalue weighted by molar-refractivity contribution is -0.212. The van der Waals surface area contributed by atoms with Gasteiger partial charge in [0.1, 0.15) is 5.60 Å². The molecule has 0 saturated carbocycles. The van der Waals surface area contributed by atoms with Crippen molar-refractivity contribution in [1.29, 1.82) is 0 Å². The SMILES string of the molecule is C=CC(C)(C)O[P+](=O)OOCCCCCCC(C)(C)C. The van der Waals surface area contributed by atoms with Crippen molar-refractivity contribution in [3.8, 4) is 0 Å².